The third kappa shape index (κ3) is 9.53. The Morgan fingerprint density at radius 2 is 1.76 bits per heavy atom. The van der Waals surface area contributed by atoms with Crippen LogP contribution in [-0.4, -0.2) is 102 Å². The van der Waals surface area contributed by atoms with Crippen LogP contribution in [0.15, 0.2) is 23.8 Å². The van der Waals surface area contributed by atoms with E-state index < -0.39 is 66.5 Å². The molecule has 0 saturated carbocycles. The summed E-state index contributed by atoms with van der Waals surface area (Å²) in [5.74, 6) is -3.02. The van der Waals surface area contributed by atoms with Crippen LogP contribution in [0.3, 0.4) is 0 Å². The summed E-state index contributed by atoms with van der Waals surface area (Å²) >= 11 is 0. The molecule has 1 fully saturated rings. The van der Waals surface area contributed by atoms with Gasteiger partial charge in [0, 0.05) is 36.1 Å². The standard InChI is InChI=1S/C32H53NO9/c1-9-27-24(17-35)14-18(2)10-11-25(36)19(3)15-23(12-13-34)31(20(4)26(37)16-28(38)41-27)42-32-21(5)29(33(7)8)30(39)22(6)40-32/h10-11,13-14,19-24,26-27,29-32,35,37,39H,9,12,15-17H2,1-8H3/b11-10+,18-14+/t19-,20+,21+,22+,23+,24+,26+,27+,29+,30-,31+,32-/m0/s1. The number of aliphatic hydroxyl groups is 3. The van der Waals surface area contributed by atoms with Crippen LogP contribution in [0.1, 0.15) is 67.2 Å². The fourth-order valence-corrected chi connectivity index (χ4v) is 6.29. The van der Waals surface area contributed by atoms with Gasteiger partial charge in [-0.3, -0.25) is 9.59 Å². The zero-order chi connectivity index (χ0) is 31.7. The predicted molar refractivity (Wildman–Crippen MR) is 158 cm³/mol. The molecule has 10 heteroatoms. The van der Waals surface area contributed by atoms with Crippen molar-refractivity contribution in [3.63, 3.8) is 0 Å². The summed E-state index contributed by atoms with van der Waals surface area (Å²) in [4.78, 5) is 39.9. The quantitative estimate of drug-likeness (QED) is 0.297. The van der Waals surface area contributed by atoms with E-state index in [1.165, 1.54) is 6.08 Å². The molecule has 0 spiro atoms. The van der Waals surface area contributed by atoms with Crippen LogP contribution >= 0.6 is 0 Å². The molecule has 2 aliphatic rings. The molecule has 3 N–H and O–H groups in total. The Bertz CT molecular complexity index is 950. The summed E-state index contributed by atoms with van der Waals surface area (Å²) in [5.41, 5.74) is 0.741. The molecule has 2 rings (SSSR count). The number of hydrogen-bond donors (Lipinski definition) is 3. The van der Waals surface area contributed by atoms with E-state index >= 15 is 0 Å². The van der Waals surface area contributed by atoms with Gasteiger partial charge in [0.05, 0.1) is 37.4 Å². The van der Waals surface area contributed by atoms with E-state index in [1.54, 1.807) is 32.9 Å². The number of ketones is 1. The van der Waals surface area contributed by atoms with Gasteiger partial charge in [0.15, 0.2) is 12.1 Å². The Balaban J connectivity index is 2.52. The van der Waals surface area contributed by atoms with Gasteiger partial charge in [-0.2, -0.15) is 0 Å². The topological polar surface area (TPSA) is 143 Å². The molecule has 0 aliphatic carbocycles. The number of allylic oxidation sites excluding steroid dienone is 3. The Morgan fingerprint density at radius 3 is 2.33 bits per heavy atom. The highest BCUT2D eigenvalue weighted by Gasteiger charge is 2.45. The lowest BCUT2D eigenvalue weighted by Gasteiger charge is -2.47. The first kappa shape index (κ1) is 36.2. The SMILES string of the molecule is CC[C@H]1OC(=O)C[C@@H](O)[C@@H](C)[C@@H](O[C@@H]2O[C@H](C)[C@H](O)[C@H](N(C)C)[C@H]2C)[C@H](CC=O)C[C@H](C)C(=O)/C=C/C(C)=C/[C@@H]1CO. The number of aldehydes is 1. The summed E-state index contributed by atoms with van der Waals surface area (Å²) in [7, 11) is 3.75. The van der Waals surface area contributed by atoms with Gasteiger partial charge in [0.2, 0.25) is 0 Å². The maximum atomic E-state index is 13.1. The minimum absolute atomic E-state index is 0.0823. The highest BCUT2D eigenvalue weighted by atomic mass is 16.7. The summed E-state index contributed by atoms with van der Waals surface area (Å²) in [6.45, 7) is 10.7. The van der Waals surface area contributed by atoms with Crippen LogP contribution in [0.2, 0.25) is 0 Å². The largest absolute Gasteiger partial charge is 0.462 e. The molecule has 1 saturated heterocycles. The van der Waals surface area contributed by atoms with E-state index in [-0.39, 0.29) is 37.2 Å². The van der Waals surface area contributed by atoms with E-state index in [0.29, 0.717) is 12.8 Å². The Kier molecular flexibility index (Phi) is 14.5. The maximum absolute atomic E-state index is 13.1. The number of rotatable bonds is 7. The van der Waals surface area contributed by atoms with Crippen molar-refractivity contribution in [1.82, 2.24) is 4.90 Å². The van der Waals surface area contributed by atoms with Gasteiger partial charge < -0.3 is 39.2 Å². The van der Waals surface area contributed by atoms with Crippen molar-refractivity contribution in [1.29, 1.82) is 0 Å². The van der Waals surface area contributed by atoms with E-state index in [0.717, 1.165) is 11.9 Å². The normalized spacial score (nSPS) is 41.6. The third-order valence-corrected chi connectivity index (χ3v) is 8.90. The number of nitrogens with zero attached hydrogens (tertiary/aromatic N) is 1. The summed E-state index contributed by atoms with van der Waals surface area (Å²) in [5, 5.41) is 32.1. The highest BCUT2D eigenvalue weighted by molar-refractivity contribution is 5.91. The number of carbonyl (C=O) groups is 3. The second-order valence-electron chi connectivity index (χ2n) is 12.5. The molecule has 0 aromatic carbocycles. The van der Waals surface area contributed by atoms with E-state index in [9.17, 15) is 29.7 Å². The van der Waals surface area contributed by atoms with Gasteiger partial charge in [-0.25, -0.2) is 0 Å². The Labute approximate surface area is 251 Å². The smallest absolute Gasteiger partial charge is 0.308 e. The summed E-state index contributed by atoms with van der Waals surface area (Å²) in [6, 6.07) is -0.267. The fraction of sp³-hybridized carbons (Fsp3) is 0.781. The first-order chi connectivity index (χ1) is 19.7. The van der Waals surface area contributed by atoms with Crippen molar-refractivity contribution in [3.05, 3.63) is 23.8 Å². The minimum Gasteiger partial charge on any atom is -0.462 e. The number of esters is 1. The van der Waals surface area contributed by atoms with E-state index in [2.05, 4.69) is 0 Å². The molecule has 2 aliphatic heterocycles. The molecule has 10 nitrogen and oxygen atoms in total. The lowest BCUT2D eigenvalue weighted by molar-refractivity contribution is -0.287. The molecule has 0 bridgehead atoms. The molecule has 0 amide bonds. The highest BCUT2D eigenvalue weighted by Crippen LogP contribution is 2.36. The van der Waals surface area contributed by atoms with Crippen molar-refractivity contribution in [3.8, 4) is 0 Å². The number of cyclic esters (lactones) is 1. The average molecular weight is 596 g/mol. The number of aliphatic hydroxyl groups excluding tert-OH is 3. The van der Waals surface area contributed by atoms with Crippen LogP contribution in [-0.2, 0) is 28.6 Å². The molecule has 0 radical (unpaired) electrons. The average Bonchev–Trinajstić information content (AvgIpc) is 2.93. The van der Waals surface area contributed by atoms with Crippen LogP contribution in [0.5, 0.6) is 0 Å². The first-order valence-electron chi connectivity index (χ1n) is 15.2. The van der Waals surface area contributed by atoms with Crippen molar-refractivity contribution in [2.75, 3.05) is 20.7 Å². The molecule has 0 unspecified atom stereocenters. The predicted octanol–water partition coefficient (Wildman–Crippen LogP) is 2.68. The van der Waals surface area contributed by atoms with Crippen molar-refractivity contribution < 1.29 is 43.9 Å². The second kappa shape index (κ2) is 16.8. The molecule has 240 valence electrons. The van der Waals surface area contributed by atoms with Crippen LogP contribution in [0, 0.1) is 29.6 Å². The summed E-state index contributed by atoms with van der Waals surface area (Å²) in [6.07, 6.45) is 1.69. The van der Waals surface area contributed by atoms with Crippen molar-refractivity contribution in [2.24, 2.45) is 29.6 Å². The second-order valence-corrected chi connectivity index (χ2v) is 12.5. The van der Waals surface area contributed by atoms with Crippen molar-refractivity contribution in [2.45, 2.75) is 110 Å². The zero-order valence-electron chi connectivity index (χ0n) is 26.5. The van der Waals surface area contributed by atoms with Crippen LogP contribution in [0.4, 0.5) is 0 Å². The minimum atomic E-state index is -1.18. The Morgan fingerprint density at radius 1 is 1.10 bits per heavy atom. The van der Waals surface area contributed by atoms with Crippen LogP contribution in [0.25, 0.3) is 0 Å². The van der Waals surface area contributed by atoms with E-state index in [1.807, 2.05) is 39.8 Å². The first-order valence-corrected chi connectivity index (χ1v) is 15.2. The lowest BCUT2D eigenvalue weighted by Crippen LogP contribution is -2.59. The van der Waals surface area contributed by atoms with Gasteiger partial charge >= 0.3 is 5.97 Å². The van der Waals surface area contributed by atoms with Gasteiger partial charge in [0.25, 0.3) is 0 Å². The monoisotopic (exact) mass is 595 g/mol. The van der Waals surface area contributed by atoms with Gasteiger partial charge in [0.1, 0.15) is 12.4 Å². The van der Waals surface area contributed by atoms with Gasteiger partial charge in [-0.1, -0.05) is 45.4 Å². The number of likely N-dealkylation sites (N-methyl/N-ethyl adjacent to an activating group) is 1. The molecular weight excluding hydrogens is 542 g/mol. The van der Waals surface area contributed by atoms with Crippen molar-refractivity contribution >= 4 is 18.0 Å². The number of carbonyl (C=O) groups excluding carboxylic acids is 3. The molecule has 0 aromatic heterocycles. The third-order valence-electron chi connectivity index (χ3n) is 8.90. The fourth-order valence-electron chi connectivity index (χ4n) is 6.29. The molecule has 12 atom stereocenters. The maximum Gasteiger partial charge on any atom is 0.308 e. The van der Waals surface area contributed by atoms with Gasteiger partial charge in [-0.15, -0.1) is 0 Å². The van der Waals surface area contributed by atoms with Crippen LogP contribution < -0.4 is 0 Å². The number of hydrogen-bond acceptors (Lipinski definition) is 10. The zero-order valence-corrected chi connectivity index (χ0v) is 26.5. The molecular formula is C32H53NO9. The molecule has 42 heavy (non-hydrogen) atoms. The molecule has 0 aromatic rings. The summed E-state index contributed by atoms with van der Waals surface area (Å²) < 4.78 is 18.4. The van der Waals surface area contributed by atoms with E-state index in [4.69, 9.17) is 14.2 Å². The Hall–Kier alpha value is -1.95. The molecule has 2 heterocycles. The lowest BCUT2D eigenvalue weighted by atomic mass is 9.79. The number of ether oxygens (including phenoxy) is 3. The van der Waals surface area contributed by atoms with Gasteiger partial charge in [-0.05, 0) is 52.8 Å².